The summed E-state index contributed by atoms with van der Waals surface area (Å²) in [4.78, 5) is 32.6. The molecule has 3 heterocycles. The van der Waals surface area contributed by atoms with Crippen molar-refractivity contribution in [2.24, 2.45) is 7.05 Å². The van der Waals surface area contributed by atoms with Crippen LogP contribution in [0.1, 0.15) is 69.6 Å². The molecule has 1 aliphatic heterocycles. The highest BCUT2D eigenvalue weighted by Crippen LogP contribution is 2.41. The number of likely N-dealkylation sites (tertiary alicyclic amines) is 1. The molecule has 32 heavy (non-hydrogen) atoms. The van der Waals surface area contributed by atoms with E-state index in [-0.39, 0.29) is 17.7 Å². The Kier molecular flexibility index (Phi) is 5.37. The lowest BCUT2D eigenvalue weighted by atomic mass is 9.91. The van der Waals surface area contributed by atoms with Gasteiger partial charge in [-0.15, -0.1) is 0 Å². The molecule has 2 fully saturated rings. The number of pyridine rings is 1. The Labute approximate surface area is 191 Å². The molecule has 2 amide bonds. The van der Waals surface area contributed by atoms with E-state index in [9.17, 15) is 9.59 Å². The van der Waals surface area contributed by atoms with Crippen LogP contribution in [0.4, 0.5) is 0 Å². The molecule has 3 aromatic rings. The normalized spacial score (nSPS) is 18.7. The number of hydrogen-bond donors (Lipinski definition) is 1. The van der Waals surface area contributed by atoms with Crippen LogP contribution in [0.5, 0.6) is 0 Å². The highest BCUT2D eigenvalue weighted by molar-refractivity contribution is 6.30. The third-order valence-electron chi connectivity index (χ3n) is 6.49. The summed E-state index contributed by atoms with van der Waals surface area (Å²) in [5, 5.41) is 9.00. The van der Waals surface area contributed by atoms with Gasteiger partial charge in [0.25, 0.3) is 11.8 Å². The summed E-state index contributed by atoms with van der Waals surface area (Å²) >= 11 is 5.98. The molecule has 1 saturated carbocycles. The van der Waals surface area contributed by atoms with E-state index in [4.69, 9.17) is 21.7 Å². The van der Waals surface area contributed by atoms with Crippen molar-refractivity contribution >= 4 is 34.4 Å². The van der Waals surface area contributed by atoms with Gasteiger partial charge in [0.15, 0.2) is 5.65 Å². The Morgan fingerprint density at radius 1 is 1.12 bits per heavy atom. The zero-order valence-electron chi connectivity index (χ0n) is 18.3. The van der Waals surface area contributed by atoms with Gasteiger partial charge in [-0.2, -0.15) is 5.10 Å². The lowest BCUT2D eigenvalue weighted by molar-refractivity contribution is 0.0705. The van der Waals surface area contributed by atoms with Crippen molar-refractivity contribution in [1.82, 2.24) is 25.0 Å². The Morgan fingerprint density at radius 3 is 2.56 bits per heavy atom. The van der Waals surface area contributed by atoms with Gasteiger partial charge in [0.05, 0.1) is 16.6 Å². The number of halogens is 1. The minimum absolute atomic E-state index is 0.00715. The van der Waals surface area contributed by atoms with Crippen LogP contribution in [0.25, 0.3) is 11.0 Å². The van der Waals surface area contributed by atoms with Crippen molar-refractivity contribution in [2.45, 2.75) is 37.5 Å². The Bertz CT molecular complexity index is 1200. The third-order valence-corrected chi connectivity index (χ3v) is 6.75. The largest absolute Gasteiger partial charge is 0.355 e. The minimum Gasteiger partial charge on any atom is -0.355 e. The summed E-state index contributed by atoms with van der Waals surface area (Å²) in [5.41, 5.74) is 3.81. The first-order valence-corrected chi connectivity index (χ1v) is 11.5. The van der Waals surface area contributed by atoms with Crippen molar-refractivity contribution in [1.29, 1.82) is 0 Å². The first-order valence-electron chi connectivity index (χ1n) is 11.1. The Morgan fingerprint density at radius 2 is 1.88 bits per heavy atom. The second-order valence-electron chi connectivity index (χ2n) is 8.75. The van der Waals surface area contributed by atoms with Crippen LogP contribution in [0.15, 0.2) is 30.3 Å². The number of fused-ring (bicyclic) bond motifs is 1. The van der Waals surface area contributed by atoms with Gasteiger partial charge >= 0.3 is 0 Å². The number of carbonyl (C=O) groups is 2. The van der Waals surface area contributed by atoms with Gasteiger partial charge in [-0.05, 0) is 56.0 Å². The molecular formula is C24H26ClN5O2. The number of amides is 2. The van der Waals surface area contributed by atoms with Gasteiger partial charge in [0, 0.05) is 55.3 Å². The van der Waals surface area contributed by atoms with E-state index in [2.05, 4.69) is 5.32 Å². The zero-order valence-corrected chi connectivity index (χ0v) is 19.0. The summed E-state index contributed by atoms with van der Waals surface area (Å²) in [6, 6.07) is 8.93. The number of aryl methyl sites for hydroxylation is 1. The predicted molar refractivity (Wildman–Crippen MR) is 123 cm³/mol. The van der Waals surface area contributed by atoms with Crippen molar-refractivity contribution < 1.29 is 9.59 Å². The number of benzene rings is 1. The number of aromatic nitrogens is 3. The number of piperidine rings is 1. The highest BCUT2D eigenvalue weighted by Gasteiger charge is 2.33. The minimum atomic E-state index is -0.126. The van der Waals surface area contributed by atoms with Crippen LogP contribution in [0.2, 0.25) is 5.02 Å². The molecule has 7 nitrogen and oxygen atoms in total. The summed E-state index contributed by atoms with van der Waals surface area (Å²) < 4.78 is 1.78. The maximum atomic E-state index is 13.1. The van der Waals surface area contributed by atoms with Gasteiger partial charge in [0.1, 0.15) is 0 Å². The van der Waals surface area contributed by atoms with Crippen LogP contribution in [0, 0.1) is 0 Å². The Balaban J connectivity index is 1.51. The van der Waals surface area contributed by atoms with E-state index < -0.39 is 0 Å². The van der Waals surface area contributed by atoms with Gasteiger partial charge in [-0.1, -0.05) is 11.6 Å². The first kappa shape index (κ1) is 20.9. The summed E-state index contributed by atoms with van der Waals surface area (Å²) in [7, 11) is 3.52. The quantitative estimate of drug-likeness (QED) is 0.652. The van der Waals surface area contributed by atoms with Crippen molar-refractivity contribution in [3.8, 4) is 0 Å². The number of carbonyl (C=O) groups excluding carboxylic acids is 2. The maximum absolute atomic E-state index is 13.1. The van der Waals surface area contributed by atoms with E-state index in [1.165, 1.54) is 0 Å². The van der Waals surface area contributed by atoms with E-state index in [0.717, 1.165) is 48.1 Å². The molecule has 8 heteroatoms. The molecule has 1 unspecified atom stereocenters. The molecule has 0 bridgehead atoms. The molecule has 166 valence electrons. The predicted octanol–water partition coefficient (Wildman–Crippen LogP) is 3.88. The number of nitrogens with one attached hydrogen (secondary N) is 1. The Hall–Kier alpha value is -2.93. The molecule has 1 atom stereocenters. The molecular weight excluding hydrogens is 426 g/mol. The van der Waals surface area contributed by atoms with Crippen molar-refractivity contribution in [3.05, 3.63) is 57.9 Å². The number of hydrogen-bond acceptors (Lipinski definition) is 4. The number of rotatable bonds is 4. The summed E-state index contributed by atoms with van der Waals surface area (Å²) in [6.07, 6.45) is 4.01. The van der Waals surface area contributed by atoms with Gasteiger partial charge in [-0.3, -0.25) is 14.3 Å². The van der Waals surface area contributed by atoms with Crippen LogP contribution >= 0.6 is 11.6 Å². The van der Waals surface area contributed by atoms with E-state index in [1.54, 1.807) is 36.0 Å². The lowest BCUT2D eigenvalue weighted by Gasteiger charge is -2.32. The van der Waals surface area contributed by atoms with Crippen LogP contribution in [0.3, 0.4) is 0 Å². The van der Waals surface area contributed by atoms with Gasteiger partial charge < -0.3 is 10.2 Å². The molecule has 0 radical (unpaired) electrons. The van der Waals surface area contributed by atoms with Crippen LogP contribution < -0.4 is 5.32 Å². The molecule has 0 spiro atoms. The average molecular weight is 452 g/mol. The average Bonchev–Trinajstić information content (AvgIpc) is 3.62. The van der Waals surface area contributed by atoms with Crippen LogP contribution in [-0.2, 0) is 7.05 Å². The topological polar surface area (TPSA) is 80.1 Å². The SMILES string of the molecule is CNC(=O)c1cc(C2CC2)nc2c1c(C1CCCN(C(=O)c3ccc(Cl)cc3)C1)nn2C. The standard InChI is InChI=1S/C24H26ClN5O2/c1-26-23(31)18-12-19(14-5-6-14)27-22-20(18)21(28-29(22)2)16-4-3-11-30(13-16)24(32)15-7-9-17(25)10-8-15/h7-10,12,14,16H,3-6,11,13H2,1-2H3,(H,26,31). The highest BCUT2D eigenvalue weighted by atomic mass is 35.5. The molecule has 2 aromatic heterocycles. The molecule has 1 aromatic carbocycles. The first-order chi connectivity index (χ1) is 15.5. The lowest BCUT2D eigenvalue weighted by Crippen LogP contribution is -2.39. The van der Waals surface area contributed by atoms with E-state index in [1.807, 2.05) is 18.0 Å². The van der Waals surface area contributed by atoms with Gasteiger partial charge in [0.2, 0.25) is 0 Å². The fraction of sp³-hybridized carbons (Fsp3) is 0.417. The second-order valence-corrected chi connectivity index (χ2v) is 9.19. The fourth-order valence-electron chi connectivity index (χ4n) is 4.64. The second kappa shape index (κ2) is 8.20. The fourth-order valence-corrected chi connectivity index (χ4v) is 4.77. The summed E-state index contributed by atoms with van der Waals surface area (Å²) in [5.74, 6) is 0.342. The molecule has 2 aliphatic rings. The van der Waals surface area contributed by atoms with Crippen molar-refractivity contribution in [2.75, 3.05) is 20.1 Å². The third kappa shape index (κ3) is 3.75. The molecule has 1 N–H and O–H groups in total. The maximum Gasteiger partial charge on any atom is 0.253 e. The zero-order chi connectivity index (χ0) is 22.4. The summed E-state index contributed by atoms with van der Waals surface area (Å²) in [6.45, 7) is 1.26. The molecule has 5 rings (SSSR count). The van der Waals surface area contributed by atoms with E-state index >= 15 is 0 Å². The van der Waals surface area contributed by atoms with E-state index in [0.29, 0.717) is 35.2 Å². The molecule has 1 aliphatic carbocycles. The number of nitrogens with zero attached hydrogens (tertiary/aromatic N) is 4. The van der Waals surface area contributed by atoms with Gasteiger partial charge in [-0.25, -0.2) is 4.98 Å². The van der Waals surface area contributed by atoms with Crippen LogP contribution in [-0.4, -0.2) is 51.6 Å². The smallest absolute Gasteiger partial charge is 0.253 e. The monoisotopic (exact) mass is 451 g/mol. The van der Waals surface area contributed by atoms with Crippen molar-refractivity contribution in [3.63, 3.8) is 0 Å². The molecule has 1 saturated heterocycles.